The Morgan fingerprint density at radius 3 is 2.65 bits per heavy atom. The Morgan fingerprint density at radius 2 is 2.00 bits per heavy atom. The zero-order chi connectivity index (χ0) is 15.1. The topological polar surface area (TPSA) is 108 Å². The highest BCUT2D eigenvalue weighted by Crippen LogP contribution is 2.19. The monoisotopic (exact) mass is 344 g/mol. The maximum absolute atomic E-state index is 11.7. The van der Waals surface area contributed by atoms with Crippen molar-refractivity contribution >= 4 is 39.6 Å². The summed E-state index contributed by atoms with van der Waals surface area (Å²) < 4.78 is 9.89. The van der Waals surface area contributed by atoms with Crippen molar-refractivity contribution in [3.8, 4) is 0 Å². The largest absolute Gasteiger partial charge is 0.452 e. The maximum Gasteiger partial charge on any atom is 0.413 e. The molecule has 0 aliphatic heterocycles. The predicted octanol–water partition coefficient (Wildman–Crippen LogP) is 1.46. The van der Waals surface area contributed by atoms with Crippen LogP contribution < -0.4 is 11.1 Å². The smallest absolute Gasteiger partial charge is 0.413 e. The molecule has 0 bridgehead atoms. The lowest BCUT2D eigenvalue weighted by Crippen LogP contribution is -2.34. The Kier molecular flexibility index (Phi) is 5.98. The number of amides is 2. The van der Waals surface area contributed by atoms with Crippen molar-refractivity contribution in [1.29, 1.82) is 0 Å². The molecule has 0 radical (unpaired) electrons. The number of anilines is 1. The molecule has 1 rings (SSSR count). The van der Waals surface area contributed by atoms with Crippen molar-refractivity contribution in [2.24, 2.45) is 0 Å². The molecule has 0 atom stereocenters. The molecule has 7 nitrogen and oxygen atoms in total. The minimum Gasteiger partial charge on any atom is -0.452 e. The van der Waals surface area contributed by atoms with Crippen molar-refractivity contribution in [1.82, 2.24) is 5.32 Å². The van der Waals surface area contributed by atoms with Crippen molar-refractivity contribution in [2.45, 2.75) is 6.92 Å². The van der Waals surface area contributed by atoms with E-state index >= 15 is 0 Å². The van der Waals surface area contributed by atoms with Crippen LogP contribution in [0.1, 0.15) is 17.3 Å². The van der Waals surface area contributed by atoms with Gasteiger partial charge < -0.3 is 15.2 Å². The van der Waals surface area contributed by atoms with Gasteiger partial charge in [0.05, 0.1) is 12.2 Å². The third-order valence-corrected chi connectivity index (χ3v) is 2.58. The van der Waals surface area contributed by atoms with E-state index in [1.165, 1.54) is 12.1 Å². The van der Waals surface area contributed by atoms with Gasteiger partial charge in [0.15, 0.2) is 6.61 Å². The normalized spacial score (nSPS) is 9.70. The number of alkyl carbamates (subject to hydrolysis) is 1. The summed E-state index contributed by atoms with van der Waals surface area (Å²) in [6, 6.07) is 4.67. The molecule has 1 aromatic rings. The molecule has 0 saturated heterocycles. The van der Waals surface area contributed by atoms with Gasteiger partial charge in [-0.25, -0.2) is 9.59 Å². The minimum atomic E-state index is -0.893. The number of rotatable bonds is 4. The van der Waals surface area contributed by atoms with E-state index in [1.807, 2.05) is 5.32 Å². The molecule has 0 saturated carbocycles. The molecule has 2 amide bonds. The number of hydrogen-bond acceptors (Lipinski definition) is 6. The summed E-state index contributed by atoms with van der Waals surface area (Å²) in [4.78, 5) is 33.9. The van der Waals surface area contributed by atoms with E-state index in [4.69, 9.17) is 10.5 Å². The maximum atomic E-state index is 11.7. The lowest BCUT2D eigenvalue weighted by atomic mass is 10.2. The van der Waals surface area contributed by atoms with Gasteiger partial charge in [-0.2, -0.15) is 0 Å². The predicted molar refractivity (Wildman–Crippen MR) is 74.0 cm³/mol. The number of halogens is 1. The number of esters is 1. The van der Waals surface area contributed by atoms with Crippen LogP contribution in [0.3, 0.4) is 0 Å². The van der Waals surface area contributed by atoms with Crippen LogP contribution >= 0.6 is 15.9 Å². The third kappa shape index (κ3) is 4.88. The number of nitrogens with one attached hydrogen (secondary N) is 1. The Labute approximate surface area is 123 Å². The van der Waals surface area contributed by atoms with Crippen LogP contribution in [0.25, 0.3) is 0 Å². The summed E-state index contributed by atoms with van der Waals surface area (Å²) in [5, 5.41) is 1.90. The molecule has 0 fully saturated rings. The molecule has 0 aliphatic carbocycles. The van der Waals surface area contributed by atoms with Gasteiger partial charge in [-0.1, -0.05) is 15.9 Å². The lowest BCUT2D eigenvalue weighted by molar-refractivity contribution is -0.123. The highest BCUT2D eigenvalue weighted by Gasteiger charge is 2.15. The fourth-order valence-corrected chi connectivity index (χ4v) is 1.59. The van der Waals surface area contributed by atoms with Crippen LogP contribution in [0.2, 0.25) is 0 Å². The van der Waals surface area contributed by atoms with Crippen LogP contribution in [0.5, 0.6) is 0 Å². The van der Waals surface area contributed by atoms with Crippen molar-refractivity contribution in [3.05, 3.63) is 28.2 Å². The number of nitrogens with two attached hydrogens (primary N) is 1. The minimum absolute atomic E-state index is 0.128. The molecule has 0 aromatic heterocycles. The standard InChI is InChI=1S/C12H13BrN2O5/c1-2-19-12(18)15-10(16)6-20-11(17)8-5-7(13)3-4-9(8)14/h3-5H,2,6,14H2,1H3,(H,15,16,18). The molecule has 0 spiro atoms. The Hall–Kier alpha value is -2.09. The van der Waals surface area contributed by atoms with Crippen LogP contribution in [0, 0.1) is 0 Å². The molecule has 0 aliphatic rings. The van der Waals surface area contributed by atoms with Crippen molar-refractivity contribution < 1.29 is 23.9 Å². The number of carbonyl (C=O) groups excluding carboxylic acids is 3. The third-order valence-electron chi connectivity index (χ3n) is 2.09. The molecule has 0 unspecified atom stereocenters. The summed E-state index contributed by atoms with van der Waals surface area (Å²) in [6.45, 7) is 1.12. The van der Waals surface area contributed by atoms with E-state index in [9.17, 15) is 14.4 Å². The molecule has 108 valence electrons. The summed E-state index contributed by atoms with van der Waals surface area (Å²) in [6.07, 6.45) is -0.893. The summed E-state index contributed by atoms with van der Waals surface area (Å²) in [5.74, 6) is -1.55. The second kappa shape index (κ2) is 7.49. The van der Waals surface area contributed by atoms with Gasteiger partial charge in [0.2, 0.25) is 0 Å². The molecule has 1 aromatic carbocycles. The fourth-order valence-electron chi connectivity index (χ4n) is 1.23. The average molecular weight is 345 g/mol. The number of nitrogen functional groups attached to an aromatic ring is 1. The Morgan fingerprint density at radius 1 is 1.30 bits per heavy atom. The second-order valence-electron chi connectivity index (χ2n) is 3.58. The first kappa shape index (κ1) is 16.0. The zero-order valence-electron chi connectivity index (χ0n) is 10.6. The van der Waals surface area contributed by atoms with Gasteiger partial charge in [-0.15, -0.1) is 0 Å². The first-order valence-electron chi connectivity index (χ1n) is 5.62. The quantitative estimate of drug-likeness (QED) is 0.632. The molecular formula is C12H13BrN2O5. The highest BCUT2D eigenvalue weighted by atomic mass is 79.9. The van der Waals surface area contributed by atoms with Crippen molar-refractivity contribution in [2.75, 3.05) is 18.9 Å². The highest BCUT2D eigenvalue weighted by molar-refractivity contribution is 9.10. The summed E-state index contributed by atoms with van der Waals surface area (Å²) >= 11 is 3.19. The van der Waals surface area contributed by atoms with Crippen LogP contribution in [-0.4, -0.2) is 31.2 Å². The number of imide groups is 1. The van der Waals surface area contributed by atoms with Gasteiger partial charge in [-0.3, -0.25) is 10.1 Å². The SMILES string of the molecule is CCOC(=O)NC(=O)COC(=O)c1cc(Br)ccc1N. The van der Waals surface area contributed by atoms with E-state index in [0.29, 0.717) is 4.47 Å². The summed E-state index contributed by atoms with van der Waals surface area (Å²) in [5.41, 5.74) is 5.97. The van der Waals surface area contributed by atoms with E-state index in [-0.39, 0.29) is 17.9 Å². The number of carbonyl (C=O) groups is 3. The van der Waals surface area contributed by atoms with Crippen molar-refractivity contribution in [3.63, 3.8) is 0 Å². The fraction of sp³-hybridized carbons (Fsp3) is 0.250. The van der Waals surface area contributed by atoms with Crippen LogP contribution in [0.15, 0.2) is 22.7 Å². The molecule has 0 heterocycles. The van der Waals surface area contributed by atoms with E-state index < -0.39 is 24.6 Å². The molecular weight excluding hydrogens is 332 g/mol. The van der Waals surface area contributed by atoms with Gasteiger partial charge in [0, 0.05) is 10.2 Å². The number of hydrogen-bond donors (Lipinski definition) is 2. The average Bonchev–Trinajstić information content (AvgIpc) is 2.39. The van der Waals surface area contributed by atoms with E-state index in [0.717, 1.165) is 0 Å². The second-order valence-corrected chi connectivity index (χ2v) is 4.49. The van der Waals surface area contributed by atoms with Crippen LogP contribution in [-0.2, 0) is 14.3 Å². The van der Waals surface area contributed by atoms with Gasteiger partial charge >= 0.3 is 12.1 Å². The lowest BCUT2D eigenvalue weighted by Gasteiger charge is -2.07. The Balaban J connectivity index is 2.53. The molecule has 20 heavy (non-hydrogen) atoms. The van der Waals surface area contributed by atoms with Gasteiger partial charge in [0.1, 0.15) is 0 Å². The van der Waals surface area contributed by atoms with E-state index in [2.05, 4.69) is 20.7 Å². The van der Waals surface area contributed by atoms with Gasteiger partial charge in [0.25, 0.3) is 5.91 Å². The first-order valence-corrected chi connectivity index (χ1v) is 6.42. The Bertz CT molecular complexity index is 533. The zero-order valence-corrected chi connectivity index (χ0v) is 12.2. The summed E-state index contributed by atoms with van der Waals surface area (Å²) in [7, 11) is 0. The number of benzene rings is 1. The molecule has 3 N–H and O–H groups in total. The number of ether oxygens (including phenoxy) is 2. The van der Waals surface area contributed by atoms with E-state index in [1.54, 1.807) is 13.0 Å². The molecule has 8 heteroatoms. The van der Waals surface area contributed by atoms with Crippen LogP contribution in [0.4, 0.5) is 10.5 Å². The van der Waals surface area contributed by atoms with Gasteiger partial charge in [-0.05, 0) is 25.1 Å². The first-order chi connectivity index (χ1) is 9.43.